The van der Waals surface area contributed by atoms with E-state index in [4.69, 9.17) is 15.2 Å². The van der Waals surface area contributed by atoms with Crippen LogP contribution in [0.1, 0.15) is 0 Å². The van der Waals surface area contributed by atoms with Crippen molar-refractivity contribution >= 4 is 0 Å². The molecule has 0 aromatic rings. The van der Waals surface area contributed by atoms with Crippen LogP contribution in [0.5, 0.6) is 0 Å². The molecule has 0 unspecified atom stereocenters. The molecule has 0 aliphatic carbocycles. The molecule has 0 saturated heterocycles. The summed E-state index contributed by atoms with van der Waals surface area (Å²) in [7, 11) is 3.25. The number of hydrogen-bond acceptors (Lipinski definition) is 3. The Hall–Kier alpha value is -0.120. The van der Waals surface area contributed by atoms with Gasteiger partial charge in [-0.3, -0.25) is 0 Å². The Morgan fingerprint density at radius 3 is 2.25 bits per heavy atom. The van der Waals surface area contributed by atoms with Gasteiger partial charge in [-0.15, -0.1) is 0 Å². The van der Waals surface area contributed by atoms with E-state index in [1.807, 2.05) is 0 Å². The molecule has 50 valence electrons. The highest BCUT2D eigenvalue weighted by atomic mass is 16.5. The largest absolute Gasteiger partial charge is 0.382 e. The van der Waals surface area contributed by atoms with Gasteiger partial charge in [0, 0.05) is 20.8 Å². The highest BCUT2D eigenvalue weighted by Crippen LogP contribution is 1.84. The normalized spacial score (nSPS) is 13.9. The van der Waals surface area contributed by atoms with E-state index < -0.39 is 0 Å². The molecule has 0 heterocycles. The number of rotatable bonds is 4. The van der Waals surface area contributed by atoms with Crippen molar-refractivity contribution in [3.63, 3.8) is 0 Å². The fraction of sp³-hybridized carbons (Fsp3) is 1.00. The zero-order valence-corrected chi connectivity index (χ0v) is 5.39. The first kappa shape index (κ1) is 7.88. The van der Waals surface area contributed by atoms with Crippen LogP contribution in [0.25, 0.3) is 0 Å². The average molecular weight is 119 g/mol. The molecule has 3 nitrogen and oxygen atoms in total. The van der Waals surface area contributed by atoms with Gasteiger partial charge in [-0.25, -0.2) is 0 Å². The van der Waals surface area contributed by atoms with E-state index in [0.29, 0.717) is 13.2 Å². The number of hydrogen-bond donors (Lipinski definition) is 1. The van der Waals surface area contributed by atoms with Crippen LogP contribution in [0.2, 0.25) is 0 Å². The van der Waals surface area contributed by atoms with Gasteiger partial charge in [-0.1, -0.05) is 0 Å². The average Bonchev–Trinajstić information content (AvgIpc) is 1.83. The number of methoxy groups -OCH3 is 2. The monoisotopic (exact) mass is 119 g/mol. The van der Waals surface area contributed by atoms with Crippen molar-refractivity contribution in [1.82, 2.24) is 0 Å². The molecular weight excluding hydrogens is 106 g/mol. The number of nitrogens with two attached hydrogens (primary N) is 1. The van der Waals surface area contributed by atoms with Crippen molar-refractivity contribution in [3.8, 4) is 0 Å². The SMILES string of the molecule is COC[C@@H](CN)OC. The third-order valence-electron chi connectivity index (χ3n) is 0.949. The predicted molar refractivity (Wildman–Crippen MR) is 31.7 cm³/mol. The molecule has 8 heavy (non-hydrogen) atoms. The maximum atomic E-state index is 5.26. The summed E-state index contributed by atoms with van der Waals surface area (Å²) in [4.78, 5) is 0. The van der Waals surface area contributed by atoms with Crippen LogP contribution < -0.4 is 5.73 Å². The van der Waals surface area contributed by atoms with Crippen LogP contribution in [0, 0.1) is 0 Å². The van der Waals surface area contributed by atoms with Crippen LogP contribution >= 0.6 is 0 Å². The molecule has 0 aliphatic heterocycles. The van der Waals surface area contributed by atoms with Gasteiger partial charge >= 0.3 is 0 Å². The van der Waals surface area contributed by atoms with Crippen LogP contribution in [0.4, 0.5) is 0 Å². The first-order chi connectivity index (χ1) is 3.85. The van der Waals surface area contributed by atoms with Gasteiger partial charge < -0.3 is 15.2 Å². The molecule has 0 aliphatic rings. The van der Waals surface area contributed by atoms with E-state index in [0.717, 1.165) is 0 Å². The molecule has 0 aromatic heterocycles. The summed E-state index contributed by atoms with van der Waals surface area (Å²) in [5.41, 5.74) is 5.26. The topological polar surface area (TPSA) is 44.5 Å². The molecule has 0 bridgehead atoms. The van der Waals surface area contributed by atoms with Gasteiger partial charge in [-0.2, -0.15) is 0 Å². The minimum atomic E-state index is 0.0556. The smallest absolute Gasteiger partial charge is 0.0926 e. The van der Waals surface area contributed by atoms with Crippen molar-refractivity contribution in [1.29, 1.82) is 0 Å². The quantitative estimate of drug-likeness (QED) is 0.548. The summed E-state index contributed by atoms with van der Waals surface area (Å²) in [5.74, 6) is 0. The molecule has 0 spiro atoms. The molecule has 0 rings (SSSR count). The van der Waals surface area contributed by atoms with Crippen LogP contribution in [-0.2, 0) is 9.47 Å². The Balaban J connectivity index is 3.07. The summed E-state index contributed by atoms with van der Waals surface area (Å²) in [6.07, 6.45) is 0.0556. The lowest BCUT2D eigenvalue weighted by Crippen LogP contribution is -2.26. The Labute approximate surface area is 49.8 Å². The fourth-order valence-electron chi connectivity index (χ4n) is 0.418. The molecule has 2 N–H and O–H groups in total. The van der Waals surface area contributed by atoms with Gasteiger partial charge in [0.15, 0.2) is 0 Å². The van der Waals surface area contributed by atoms with Crippen LogP contribution in [0.15, 0.2) is 0 Å². The van der Waals surface area contributed by atoms with Crippen LogP contribution in [0.3, 0.4) is 0 Å². The Bertz CT molecular complexity index is 45.7. The van der Waals surface area contributed by atoms with Gasteiger partial charge in [0.2, 0.25) is 0 Å². The van der Waals surface area contributed by atoms with Crippen molar-refractivity contribution in [2.45, 2.75) is 6.10 Å². The third kappa shape index (κ3) is 2.96. The maximum Gasteiger partial charge on any atom is 0.0926 e. The van der Waals surface area contributed by atoms with Gasteiger partial charge in [0.1, 0.15) is 0 Å². The van der Waals surface area contributed by atoms with Crippen molar-refractivity contribution in [2.24, 2.45) is 5.73 Å². The highest BCUT2D eigenvalue weighted by molar-refractivity contribution is 4.53. The Morgan fingerprint density at radius 2 is 2.12 bits per heavy atom. The molecule has 0 fully saturated rings. The zero-order chi connectivity index (χ0) is 6.41. The zero-order valence-electron chi connectivity index (χ0n) is 5.39. The number of ether oxygens (including phenoxy) is 2. The van der Waals surface area contributed by atoms with E-state index in [9.17, 15) is 0 Å². The second-order valence-electron chi connectivity index (χ2n) is 1.55. The van der Waals surface area contributed by atoms with Crippen LogP contribution in [-0.4, -0.2) is 33.5 Å². The molecular formula is C5H13NO2. The highest BCUT2D eigenvalue weighted by Gasteiger charge is 2.00. The lowest BCUT2D eigenvalue weighted by atomic mass is 10.4. The standard InChI is InChI=1S/C5H13NO2/c1-7-4-5(3-6)8-2/h5H,3-4,6H2,1-2H3/t5-/m1/s1. The summed E-state index contributed by atoms with van der Waals surface area (Å²) in [6, 6.07) is 0. The molecule has 0 amide bonds. The molecule has 0 aromatic carbocycles. The minimum Gasteiger partial charge on any atom is -0.382 e. The first-order valence-electron chi connectivity index (χ1n) is 2.57. The van der Waals surface area contributed by atoms with E-state index in [1.54, 1.807) is 14.2 Å². The summed E-state index contributed by atoms with van der Waals surface area (Å²) < 4.78 is 9.67. The fourth-order valence-corrected chi connectivity index (χ4v) is 0.418. The Morgan fingerprint density at radius 1 is 1.50 bits per heavy atom. The van der Waals surface area contributed by atoms with Crippen molar-refractivity contribution in [3.05, 3.63) is 0 Å². The lowest BCUT2D eigenvalue weighted by Gasteiger charge is -2.09. The molecule has 3 heteroatoms. The second kappa shape index (κ2) is 5.03. The first-order valence-corrected chi connectivity index (χ1v) is 2.57. The van der Waals surface area contributed by atoms with E-state index in [2.05, 4.69) is 0 Å². The van der Waals surface area contributed by atoms with Crippen molar-refractivity contribution < 1.29 is 9.47 Å². The summed E-state index contributed by atoms with van der Waals surface area (Å²) in [5, 5.41) is 0. The van der Waals surface area contributed by atoms with E-state index in [-0.39, 0.29) is 6.10 Å². The predicted octanol–water partition coefficient (Wildman–Crippen LogP) is -0.393. The van der Waals surface area contributed by atoms with Gasteiger partial charge in [0.25, 0.3) is 0 Å². The Kier molecular flexibility index (Phi) is 4.95. The second-order valence-corrected chi connectivity index (χ2v) is 1.55. The maximum absolute atomic E-state index is 5.26. The van der Waals surface area contributed by atoms with Crippen molar-refractivity contribution in [2.75, 3.05) is 27.4 Å². The van der Waals surface area contributed by atoms with Gasteiger partial charge in [0.05, 0.1) is 12.7 Å². The molecule has 0 radical (unpaired) electrons. The minimum absolute atomic E-state index is 0.0556. The molecule has 0 saturated carbocycles. The third-order valence-corrected chi connectivity index (χ3v) is 0.949. The summed E-state index contributed by atoms with van der Waals surface area (Å²) >= 11 is 0. The van der Waals surface area contributed by atoms with E-state index in [1.165, 1.54) is 0 Å². The van der Waals surface area contributed by atoms with Gasteiger partial charge in [-0.05, 0) is 0 Å². The summed E-state index contributed by atoms with van der Waals surface area (Å²) in [6.45, 7) is 1.09. The van der Waals surface area contributed by atoms with E-state index >= 15 is 0 Å². The lowest BCUT2D eigenvalue weighted by molar-refractivity contribution is 0.0341. The molecule has 1 atom stereocenters.